The van der Waals surface area contributed by atoms with E-state index < -0.39 is 35.0 Å². The van der Waals surface area contributed by atoms with Crippen LogP contribution in [0.4, 0.5) is 0 Å². The molecule has 0 amide bonds. The summed E-state index contributed by atoms with van der Waals surface area (Å²) in [6.07, 6.45) is 1.66. The van der Waals surface area contributed by atoms with Gasteiger partial charge in [-0.1, -0.05) is 6.08 Å². The van der Waals surface area contributed by atoms with Crippen molar-refractivity contribution in [2.75, 3.05) is 6.61 Å². The van der Waals surface area contributed by atoms with Gasteiger partial charge in [-0.05, 0) is 69.7 Å². The molecular weight excluding hydrogens is 518 g/mol. The van der Waals surface area contributed by atoms with Gasteiger partial charge in [0.05, 0.1) is 31.7 Å². The number of carbonyl (C=O) groups is 3. The van der Waals surface area contributed by atoms with Gasteiger partial charge in [-0.15, -0.1) is 0 Å². The molecule has 0 N–H and O–H groups in total. The molecule has 1 unspecified atom stereocenters. The Bertz CT molecular complexity index is 1670. The highest BCUT2D eigenvalue weighted by Crippen LogP contribution is 2.47. The van der Waals surface area contributed by atoms with Crippen LogP contribution in [0.3, 0.4) is 0 Å². The zero-order valence-corrected chi connectivity index (χ0v) is 22.6. The number of ketones is 1. The van der Waals surface area contributed by atoms with Crippen molar-refractivity contribution in [2.24, 2.45) is 0 Å². The molecular formula is C29H29N3O8. The first kappa shape index (κ1) is 26.9. The molecule has 0 fully saturated rings. The molecule has 208 valence electrons. The SMILES string of the molecule is CCOC(=O)CCC(=O)Oc1ccc2c(c1)OC(C)(C)C1=CCn3c(=O)n(-c4ccc(C(C)=O)cc4)c(=O)n3C12. The van der Waals surface area contributed by atoms with E-state index in [0.717, 1.165) is 10.1 Å². The van der Waals surface area contributed by atoms with Crippen LogP contribution >= 0.6 is 0 Å². The summed E-state index contributed by atoms with van der Waals surface area (Å²) in [5.74, 6) is -0.580. The summed E-state index contributed by atoms with van der Waals surface area (Å²) < 4.78 is 20.4. The molecule has 0 aliphatic carbocycles. The molecule has 2 aromatic carbocycles. The van der Waals surface area contributed by atoms with Crippen LogP contribution in [0.5, 0.6) is 11.5 Å². The lowest BCUT2D eigenvalue weighted by Gasteiger charge is -2.42. The number of aromatic nitrogens is 3. The lowest BCUT2D eigenvalue weighted by Crippen LogP contribution is -2.46. The second kappa shape index (κ2) is 10.1. The van der Waals surface area contributed by atoms with E-state index in [1.165, 1.54) is 16.3 Å². The Labute approximate surface area is 229 Å². The third-order valence-corrected chi connectivity index (χ3v) is 7.02. The van der Waals surface area contributed by atoms with Gasteiger partial charge in [-0.3, -0.25) is 14.4 Å². The van der Waals surface area contributed by atoms with Crippen molar-refractivity contribution in [3.8, 4) is 17.2 Å². The van der Waals surface area contributed by atoms with Gasteiger partial charge in [0, 0.05) is 17.2 Å². The average molecular weight is 548 g/mol. The molecule has 3 heterocycles. The number of carbonyl (C=O) groups excluding carboxylic acids is 3. The van der Waals surface area contributed by atoms with Crippen molar-refractivity contribution in [3.63, 3.8) is 0 Å². The topological polar surface area (TPSA) is 128 Å². The second-order valence-corrected chi connectivity index (χ2v) is 10.1. The van der Waals surface area contributed by atoms with E-state index in [9.17, 15) is 24.0 Å². The summed E-state index contributed by atoms with van der Waals surface area (Å²) in [5.41, 5.74) is 0.385. The second-order valence-electron chi connectivity index (χ2n) is 10.1. The first-order valence-electron chi connectivity index (χ1n) is 13.0. The third kappa shape index (κ3) is 4.67. The van der Waals surface area contributed by atoms with Crippen molar-refractivity contribution >= 4 is 17.7 Å². The Morgan fingerprint density at radius 3 is 2.38 bits per heavy atom. The van der Waals surface area contributed by atoms with Crippen molar-refractivity contribution in [1.29, 1.82) is 0 Å². The Balaban J connectivity index is 1.51. The molecule has 0 radical (unpaired) electrons. The summed E-state index contributed by atoms with van der Waals surface area (Å²) in [5, 5.41) is 0. The van der Waals surface area contributed by atoms with Gasteiger partial charge in [-0.2, -0.15) is 0 Å². The van der Waals surface area contributed by atoms with Crippen LogP contribution in [0.2, 0.25) is 0 Å². The Kier molecular flexibility index (Phi) is 6.82. The predicted octanol–water partition coefficient (Wildman–Crippen LogP) is 2.95. The van der Waals surface area contributed by atoms with E-state index in [4.69, 9.17) is 14.2 Å². The van der Waals surface area contributed by atoms with Crippen molar-refractivity contribution in [2.45, 2.75) is 58.7 Å². The number of Topliss-reactive ketones (excluding diaryl/α,β-unsaturated/α-hetero) is 1. The van der Waals surface area contributed by atoms with Crippen molar-refractivity contribution in [3.05, 3.63) is 86.2 Å². The highest BCUT2D eigenvalue weighted by Gasteiger charge is 2.44. The molecule has 0 spiro atoms. The molecule has 40 heavy (non-hydrogen) atoms. The number of rotatable bonds is 7. The monoisotopic (exact) mass is 547 g/mol. The van der Waals surface area contributed by atoms with Crippen LogP contribution in [0.25, 0.3) is 5.69 Å². The minimum atomic E-state index is -0.837. The fourth-order valence-corrected chi connectivity index (χ4v) is 5.13. The minimum Gasteiger partial charge on any atom is -0.483 e. The maximum atomic E-state index is 13.8. The first-order valence-corrected chi connectivity index (χ1v) is 13.0. The standard InChI is InChI=1S/C29H29N3O8/c1-5-38-24(34)12-13-25(35)39-20-10-11-21-23(16-20)40-29(3,4)22-14-15-30-27(36)31(28(37)32(30)26(21)22)19-8-6-18(7-9-19)17(2)33/h6-11,14,16,26H,5,12-13,15H2,1-4H3. The number of esters is 2. The number of benzene rings is 2. The zero-order chi connectivity index (χ0) is 28.8. The van der Waals surface area contributed by atoms with E-state index >= 15 is 0 Å². The van der Waals surface area contributed by atoms with Gasteiger partial charge in [0.2, 0.25) is 0 Å². The fraction of sp³-hybridized carbons (Fsp3) is 0.345. The molecule has 0 saturated carbocycles. The maximum absolute atomic E-state index is 13.8. The lowest BCUT2D eigenvalue weighted by molar-refractivity contribution is -0.146. The maximum Gasteiger partial charge on any atom is 0.352 e. The van der Waals surface area contributed by atoms with Crippen molar-refractivity contribution < 1.29 is 28.6 Å². The number of fused-ring (bicyclic) bond motifs is 5. The van der Waals surface area contributed by atoms with Crippen LogP contribution in [-0.4, -0.2) is 43.9 Å². The minimum absolute atomic E-state index is 0.0910. The number of allylic oxidation sites excluding steroid dienone is 1. The Morgan fingerprint density at radius 1 is 1.00 bits per heavy atom. The van der Waals surface area contributed by atoms with Gasteiger partial charge in [0.25, 0.3) is 0 Å². The van der Waals surface area contributed by atoms with Crippen LogP contribution in [-0.2, 0) is 20.9 Å². The smallest absolute Gasteiger partial charge is 0.352 e. The molecule has 0 bridgehead atoms. The zero-order valence-electron chi connectivity index (χ0n) is 22.6. The predicted molar refractivity (Wildman–Crippen MR) is 143 cm³/mol. The van der Waals surface area contributed by atoms with Gasteiger partial charge in [0.15, 0.2) is 5.78 Å². The molecule has 1 atom stereocenters. The highest BCUT2D eigenvalue weighted by molar-refractivity contribution is 5.94. The number of ether oxygens (including phenoxy) is 3. The van der Waals surface area contributed by atoms with Crippen LogP contribution in [0.15, 0.2) is 63.7 Å². The van der Waals surface area contributed by atoms with E-state index in [0.29, 0.717) is 22.6 Å². The Hall–Kier alpha value is -4.67. The van der Waals surface area contributed by atoms with E-state index in [1.807, 2.05) is 19.9 Å². The van der Waals surface area contributed by atoms with Gasteiger partial charge >= 0.3 is 23.3 Å². The molecule has 0 saturated heterocycles. The molecule has 1 aromatic heterocycles. The first-order chi connectivity index (χ1) is 19.0. The summed E-state index contributed by atoms with van der Waals surface area (Å²) in [4.78, 5) is 62.7. The normalized spacial score (nSPS) is 16.5. The molecule has 3 aromatic rings. The summed E-state index contributed by atoms with van der Waals surface area (Å²) in [6.45, 7) is 7.27. The highest BCUT2D eigenvalue weighted by atomic mass is 16.5. The van der Waals surface area contributed by atoms with E-state index in [-0.39, 0.29) is 37.5 Å². The molecule has 11 nitrogen and oxygen atoms in total. The van der Waals surface area contributed by atoms with Gasteiger partial charge in [-0.25, -0.2) is 23.5 Å². The number of nitrogens with zero attached hydrogens (tertiary/aromatic N) is 3. The summed E-state index contributed by atoms with van der Waals surface area (Å²) >= 11 is 0. The molecule has 2 aliphatic rings. The van der Waals surface area contributed by atoms with Crippen molar-refractivity contribution in [1.82, 2.24) is 13.9 Å². The summed E-state index contributed by atoms with van der Waals surface area (Å²) in [7, 11) is 0. The summed E-state index contributed by atoms with van der Waals surface area (Å²) in [6, 6.07) is 10.5. The number of hydrogen-bond donors (Lipinski definition) is 0. The lowest BCUT2D eigenvalue weighted by atomic mass is 9.83. The van der Waals surface area contributed by atoms with E-state index in [1.54, 1.807) is 49.4 Å². The number of hydrogen-bond acceptors (Lipinski definition) is 8. The molecule has 5 rings (SSSR count). The Morgan fingerprint density at radius 2 is 1.70 bits per heavy atom. The van der Waals surface area contributed by atoms with Crippen LogP contribution < -0.4 is 20.9 Å². The van der Waals surface area contributed by atoms with Crippen LogP contribution in [0, 0.1) is 0 Å². The third-order valence-electron chi connectivity index (χ3n) is 7.02. The average Bonchev–Trinajstić information content (AvgIpc) is 3.16. The van der Waals surface area contributed by atoms with Gasteiger partial charge < -0.3 is 14.2 Å². The molecule has 2 aliphatic heterocycles. The van der Waals surface area contributed by atoms with E-state index in [2.05, 4.69) is 0 Å². The van der Waals surface area contributed by atoms with Crippen LogP contribution in [0.1, 0.15) is 62.5 Å². The fourth-order valence-electron chi connectivity index (χ4n) is 5.13. The van der Waals surface area contributed by atoms with Gasteiger partial charge in [0.1, 0.15) is 23.1 Å². The molecule has 11 heteroatoms. The quantitative estimate of drug-likeness (QED) is 0.191. The largest absolute Gasteiger partial charge is 0.483 e.